The quantitative estimate of drug-likeness (QED) is 0.640. The standard InChI is InChI=1S/C23H28ClN3O2/c24-21-16-19(11-12-20(21)23(29)27-14-5-2-6-15-27)26-17-22(28)25-13-7-10-18-8-3-1-4-9-18/h1,3-4,8-9,11-12,16,26H,2,5-7,10,13-15,17H2,(H,25,28). The Morgan fingerprint density at radius 1 is 1.00 bits per heavy atom. The van der Waals surface area contributed by atoms with E-state index in [-0.39, 0.29) is 18.4 Å². The number of carbonyl (C=O) groups excluding carboxylic acids is 2. The molecule has 154 valence electrons. The van der Waals surface area contributed by atoms with Gasteiger partial charge in [0, 0.05) is 25.3 Å². The zero-order valence-corrected chi connectivity index (χ0v) is 17.4. The Labute approximate surface area is 177 Å². The molecule has 0 bridgehead atoms. The predicted molar refractivity (Wildman–Crippen MR) is 117 cm³/mol. The summed E-state index contributed by atoms with van der Waals surface area (Å²) in [4.78, 5) is 26.5. The van der Waals surface area contributed by atoms with Gasteiger partial charge in [-0.3, -0.25) is 9.59 Å². The van der Waals surface area contributed by atoms with E-state index >= 15 is 0 Å². The Morgan fingerprint density at radius 3 is 2.48 bits per heavy atom. The van der Waals surface area contributed by atoms with Gasteiger partial charge in [-0.1, -0.05) is 41.9 Å². The molecule has 5 nitrogen and oxygen atoms in total. The van der Waals surface area contributed by atoms with Gasteiger partial charge in [-0.05, 0) is 55.9 Å². The average Bonchev–Trinajstić information content (AvgIpc) is 2.76. The second kappa shape index (κ2) is 10.9. The molecule has 0 aliphatic carbocycles. The molecule has 1 fully saturated rings. The summed E-state index contributed by atoms with van der Waals surface area (Å²) in [5.74, 6) is -0.0833. The van der Waals surface area contributed by atoms with Crippen molar-refractivity contribution in [1.29, 1.82) is 0 Å². The van der Waals surface area contributed by atoms with E-state index in [0.717, 1.165) is 44.5 Å². The Bertz CT molecular complexity index is 820. The smallest absolute Gasteiger partial charge is 0.255 e. The number of hydrogen-bond donors (Lipinski definition) is 2. The topological polar surface area (TPSA) is 61.4 Å². The Morgan fingerprint density at radius 2 is 1.76 bits per heavy atom. The van der Waals surface area contributed by atoms with Crippen LogP contribution in [0.15, 0.2) is 48.5 Å². The van der Waals surface area contributed by atoms with Gasteiger partial charge >= 0.3 is 0 Å². The van der Waals surface area contributed by atoms with Crippen LogP contribution in [-0.4, -0.2) is 42.9 Å². The Kier molecular flexibility index (Phi) is 7.94. The van der Waals surface area contributed by atoms with Crippen molar-refractivity contribution in [3.05, 3.63) is 64.7 Å². The van der Waals surface area contributed by atoms with Crippen molar-refractivity contribution >= 4 is 29.1 Å². The number of halogens is 1. The Hall–Kier alpha value is -2.53. The number of nitrogens with one attached hydrogen (secondary N) is 2. The van der Waals surface area contributed by atoms with Gasteiger partial charge in [0.2, 0.25) is 5.91 Å². The van der Waals surface area contributed by atoms with Crippen molar-refractivity contribution in [3.8, 4) is 0 Å². The maximum absolute atomic E-state index is 12.6. The summed E-state index contributed by atoms with van der Waals surface area (Å²) in [6.07, 6.45) is 5.10. The van der Waals surface area contributed by atoms with Crippen LogP contribution in [-0.2, 0) is 11.2 Å². The fourth-order valence-corrected chi connectivity index (χ4v) is 3.74. The predicted octanol–water partition coefficient (Wildman–Crippen LogP) is 4.13. The number of carbonyl (C=O) groups is 2. The van der Waals surface area contributed by atoms with Crippen LogP contribution in [0.4, 0.5) is 5.69 Å². The van der Waals surface area contributed by atoms with Gasteiger partial charge in [0.1, 0.15) is 0 Å². The third-order valence-corrected chi connectivity index (χ3v) is 5.42. The lowest BCUT2D eigenvalue weighted by atomic mass is 10.1. The molecule has 3 rings (SSSR count). The van der Waals surface area contributed by atoms with Crippen LogP contribution in [0.3, 0.4) is 0 Å². The summed E-state index contributed by atoms with van der Waals surface area (Å²) in [5.41, 5.74) is 2.52. The van der Waals surface area contributed by atoms with Crippen LogP contribution in [0, 0.1) is 0 Å². The molecule has 1 aliphatic heterocycles. The fourth-order valence-electron chi connectivity index (χ4n) is 3.48. The number of anilines is 1. The molecule has 1 heterocycles. The second-order valence-electron chi connectivity index (χ2n) is 7.34. The molecule has 2 amide bonds. The van der Waals surface area contributed by atoms with E-state index in [1.807, 2.05) is 23.1 Å². The summed E-state index contributed by atoms with van der Waals surface area (Å²) in [6, 6.07) is 15.5. The Balaban J connectivity index is 1.41. The number of piperidine rings is 1. The summed E-state index contributed by atoms with van der Waals surface area (Å²) in [5, 5.41) is 6.39. The first kappa shape index (κ1) is 21.2. The summed E-state index contributed by atoms with van der Waals surface area (Å²) < 4.78 is 0. The van der Waals surface area contributed by atoms with Crippen molar-refractivity contribution in [3.63, 3.8) is 0 Å². The van der Waals surface area contributed by atoms with Gasteiger partial charge in [-0.15, -0.1) is 0 Å². The highest BCUT2D eigenvalue weighted by atomic mass is 35.5. The zero-order valence-electron chi connectivity index (χ0n) is 16.6. The van der Waals surface area contributed by atoms with E-state index in [4.69, 9.17) is 11.6 Å². The lowest BCUT2D eigenvalue weighted by Crippen LogP contribution is -2.35. The van der Waals surface area contributed by atoms with E-state index in [9.17, 15) is 9.59 Å². The molecule has 0 radical (unpaired) electrons. The summed E-state index contributed by atoms with van der Waals surface area (Å²) >= 11 is 6.33. The van der Waals surface area contributed by atoms with Crippen LogP contribution in [0.5, 0.6) is 0 Å². The van der Waals surface area contributed by atoms with Crippen LogP contribution >= 0.6 is 11.6 Å². The minimum atomic E-state index is -0.0670. The van der Waals surface area contributed by atoms with Crippen molar-refractivity contribution in [2.45, 2.75) is 32.1 Å². The zero-order chi connectivity index (χ0) is 20.5. The molecule has 0 saturated carbocycles. The molecule has 1 aliphatic rings. The molecule has 29 heavy (non-hydrogen) atoms. The number of amides is 2. The van der Waals surface area contributed by atoms with Crippen molar-refractivity contribution in [2.75, 3.05) is 31.5 Å². The highest BCUT2D eigenvalue weighted by Crippen LogP contribution is 2.23. The molecule has 2 N–H and O–H groups in total. The van der Waals surface area contributed by atoms with Gasteiger partial charge in [0.15, 0.2) is 0 Å². The third kappa shape index (κ3) is 6.50. The molecule has 6 heteroatoms. The van der Waals surface area contributed by atoms with Gasteiger partial charge in [0.25, 0.3) is 5.91 Å². The number of aryl methyl sites for hydroxylation is 1. The van der Waals surface area contributed by atoms with E-state index < -0.39 is 0 Å². The SMILES string of the molecule is O=C(CNc1ccc(C(=O)N2CCCCC2)c(Cl)c1)NCCCc1ccccc1. The first-order valence-corrected chi connectivity index (χ1v) is 10.6. The van der Waals surface area contributed by atoms with Gasteiger partial charge in [0.05, 0.1) is 17.1 Å². The number of benzene rings is 2. The van der Waals surface area contributed by atoms with Crippen molar-refractivity contribution in [1.82, 2.24) is 10.2 Å². The number of nitrogens with zero attached hydrogens (tertiary/aromatic N) is 1. The first-order valence-electron chi connectivity index (χ1n) is 10.3. The molecule has 2 aromatic rings. The number of rotatable bonds is 8. The van der Waals surface area contributed by atoms with Crippen molar-refractivity contribution in [2.24, 2.45) is 0 Å². The molecule has 0 aromatic heterocycles. The number of likely N-dealkylation sites (tertiary alicyclic amines) is 1. The normalized spacial score (nSPS) is 13.8. The van der Waals surface area contributed by atoms with Gasteiger partial charge in [-0.25, -0.2) is 0 Å². The minimum Gasteiger partial charge on any atom is -0.376 e. The highest BCUT2D eigenvalue weighted by molar-refractivity contribution is 6.34. The highest BCUT2D eigenvalue weighted by Gasteiger charge is 2.20. The van der Waals surface area contributed by atoms with Crippen LogP contribution < -0.4 is 10.6 Å². The summed E-state index contributed by atoms with van der Waals surface area (Å²) in [6.45, 7) is 2.39. The van der Waals surface area contributed by atoms with E-state index in [1.54, 1.807) is 18.2 Å². The second-order valence-corrected chi connectivity index (χ2v) is 7.75. The third-order valence-electron chi connectivity index (χ3n) is 5.10. The largest absolute Gasteiger partial charge is 0.376 e. The monoisotopic (exact) mass is 413 g/mol. The summed E-state index contributed by atoms with van der Waals surface area (Å²) in [7, 11) is 0. The van der Waals surface area contributed by atoms with E-state index in [1.165, 1.54) is 12.0 Å². The van der Waals surface area contributed by atoms with Crippen molar-refractivity contribution < 1.29 is 9.59 Å². The first-order chi connectivity index (χ1) is 14.1. The van der Waals surface area contributed by atoms with E-state index in [2.05, 4.69) is 22.8 Å². The van der Waals surface area contributed by atoms with E-state index in [0.29, 0.717) is 17.1 Å². The van der Waals surface area contributed by atoms with Crippen LogP contribution in [0.25, 0.3) is 0 Å². The fraction of sp³-hybridized carbons (Fsp3) is 0.391. The lowest BCUT2D eigenvalue weighted by molar-refractivity contribution is -0.119. The molecule has 2 aromatic carbocycles. The molecular weight excluding hydrogens is 386 g/mol. The lowest BCUT2D eigenvalue weighted by Gasteiger charge is -2.27. The maximum atomic E-state index is 12.6. The average molecular weight is 414 g/mol. The minimum absolute atomic E-state index is 0.0163. The van der Waals surface area contributed by atoms with Gasteiger partial charge < -0.3 is 15.5 Å². The molecule has 0 unspecified atom stereocenters. The number of hydrogen-bond acceptors (Lipinski definition) is 3. The molecule has 0 spiro atoms. The van der Waals surface area contributed by atoms with Gasteiger partial charge in [-0.2, -0.15) is 0 Å². The van der Waals surface area contributed by atoms with Crippen LogP contribution in [0.1, 0.15) is 41.6 Å². The van der Waals surface area contributed by atoms with Crippen LogP contribution in [0.2, 0.25) is 5.02 Å². The molecule has 1 saturated heterocycles. The maximum Gasteiger partial charge on any atom is 0.255 e. The molecular formula is C23H28ClN3O2. The molecule has 0 atom stereocenters.